The molecular formula is C24H21NO5P2. The van der Waals surface area contributed by atoms with Gasteiger partial charge < -0.3 is 14.5 Å². The van der Waals surface area contributed by atoms with Crippen molar-refractivity contribution < 1.29 is 22.5 Å². The molecule has 1 N–H and O–H groups in total. The number of para-hydroxylation sites is 2. The number of nitrogens with one attached hydrogen (secondary N) is 1. The third-order valence-corrected chi connectivity index (χ3v) is 9.33. The van der Waals surface area contributed by atoms with Gasteiger partial charge in [-0.05, 0) is 42.5 Å². The van der Waals surface area contributed by atoms with Crippen LogP contribution in [0.5, 0.6) is 11.5 Å². The van der Waals surface area contributed by atoms with E-state index < -0.39 is 20.9 Å². The Balaban J connectivity index is 1.78. The molecule has 0 aliphatic heterocycles. The second kappa shape index (κ2) is 9.54. The van der Waals surface area contributed by atoms with Crippen LogP contribution in [0.3, 0.4) is 0 Å². The van der Waals surface area contributed by atoms with Gasteiger partial charge in [0, 0.05) is 0 Å². The second-order valence-corrected chi connectivity index (χ2v) is 11.1. The lowest BCUT2D eigenvalue weighted by Gasteiger charge is -2.29. The van der Waals surface area contributed by atoms with Gasteiger partial charge in [0.2, 0.25) is 0 Å². The molecule has 8 heteroatoms. The third kappa shape index (κ3) is 5.00. The van der Waals surface area contributed by atoms with Gasteiger partial charge in [-0.15, -0.1) is 0 Å². The summed E-state index contributed by atoms with van der Waals surface area (Å²) in [5, 5.41) is 8.52. The first-order valence-electron chi connectivity index (χ1n) is 9.88. The van der Waals surface area contributed by atoms with Crippen molar-refractivity contribution in [1.29, 1.82) is 5.41 Å². The van der Waals surface area contributed by atoms with Crippen molar-refractivity contribution in [3.8, 4) is 11.5 Å². The van der Waals surface area contributed by atoms with Gasteiger partial charge in [-0.25, -0.2) is 13.4 Å². The quantitative estimate of drug-likeness (QED) is 0.390. The molecule has 1 aliphatic rings. The maximum absolute atomic E-state index is 14.2. The lowest BCUT2D eigenvalue weighted by atomic mass is 10.1. The SMILES string of the molecule is N=C1C=CC=CC1P(=O)(Oc1ccccc1)OP(=O)(Oc1ccccc1)c1ccccc1. The van der Waals surface area contributed by atoms with Crippen LogP contribution in [-0.4, -0.2) is 11.4 Å². The molecule has 0 amide bonds. The molecule has 3 unspecified atom stereocenters. The van der Waals surface area contributed by atoms with Gasteiger partial charge in [0.1, 0.15) is 17.2 Å². The Morgan fingerprint density at radius 2 is 1.22 bits per heavy atom. The summed E-state index contributed by atoms with van der Waals surface area (Å²) in [6.45, 7) is 0. The topological polar surface area (TPSA) is 85.7 Å². The summed E-state index contributed by atoms with van der Waals surface area (Å²) in [5.74, 6) is 0.561. The second-order valence-electron chi connectivity index (χ2n) is 6.91. The van der Waals surface area contributed by atoms with Crippen LogP contribution >= 0.6 is 15.2 Å². The van der Waals surface area contributed by atoms with Crippen molar-refractivity contribution in [2.24, 2.45) is 0 Å². The third-order valence-electron chi connectivity index (χ3n) is 4.58. The molecule has 0 fully saturated rings. The van der Waals surface area contributed by atoms with Crippen molar-refractivity contribution in [3.05, 3.63) is 115 Å². The van der Waals surface area contributed by atoms with Gasteiger partial charge in [-0.3, -0.25) is 0 Å². The van der Waals surface area contributed by atoms with Crippen LogP contribution < -0.4 is 14.4 Å². The van der Waals surface area contributed by atoms with Crippen LogP contribution in [0, 0.1) is 5.41 Å². The Morgan fingerprint density at radius 3 is 1.78 bits per heavy atom. The van der Waals surface area contributed by atoms with Crippen LogP contribution in [0.25, 0.3) is 0 Å². The Labute approximate surface area is 186 Å². The highest BCUT2D eigenvalue weighted by Gasteiger charge is 2.47. The summed E-state index contributed by atoms with van der Waals surface area (Å²) in [5.41, 5.74) is -1.03. The zero-order valence-electron chi connectivity index (χ0n) is 17.0. The van der Waals surface area contributed by atoms with Crippen LogP contribution in [-0.2, 0) is 13.4 Å². The van der Waals surface area contributed by atoms with E-state index in [1.807, 2.05) is 0 Å². The van der Waals surface area contributed by atoms with E-state index in [4.69, 9.17) is 18.8 Å². The molecule has 4 rings (SSSR count). The van der Waals surface area contributed by atoms with Crippen molar-refractivity contribution >= 4 is 26.2 Å². The molecule has 0 radical (unpaired) electrons. The number of benzene rings is 3. The minimum atomic E-state index is -4.25. The molecule has 0 aromatic heterocycles. The largest absolute Gasteiger partial charge is 0.423 e. The number of allylic oxidation sites excluding steroid dienone is 4. The molecule has 0 heterocycles. The first-order valence-corrected chi connectivity index (χ1v) is 13.0. The van der Waals surface area contributed by atoms with Gasteiger partial charge >= 0.3 is 15.2 Å². The zero-order valence-corrected chi connectivity index (χ0v) is 18.8. The molecule has 0 saturated carbocycles. The molecule has 6 nitrogen and oxygen atoms in total. The molecule has 32 heavy (non-hydrogen) atoms. The van der Waals surface area contributed by atoms with Gasteiger partial charge in [0.15, 0.2) is 0 Å². The van der Waals surface area contributed by atoms with E-state index in [2.05, 4.69) is 0 Å². The summed E-state index contributed by atoms with van der Waals surface area (Å²) < 4.78 is 45.8. The van der Waals surface area contributed by atoms with Gasteiger partial charge in [0.25, 0.3) is 0 Å². The molecule has 0 saturated heterocycles. The van der Waals surface area contributed by atoms with Crippen LogP contribution in [0.15, 0.2) is 115 Å². The fourth-order valence-electron chi connectivity index (χ4n) is 3.06. The Morgan fingerprint density at radius 1 is 0.688 bits per heavy atom. The summed E-state index contributed by atoms with van der Waals surface area (Å²) in [6.07, 6.45) is 6.35. The normalized spacial score (nSPS) is 19.0. The van der Waals surface area contributed by atoms with Crippen molar-refractivity contribution in [2.75, 3.05) is 0 Å². The molecule has 3 atom stereocenters. The van der Waals surface area contributed by atoms with E-state index >= 15 is 0 Å². The fraction of sp³-hybridized carbons (Fsp3) is 0.0417. The smallest absolute Gasteiger partial charge is 0.418 e. The first-order chi connectivity index (χ1) is 15.5. The van der Waals surface area contributed by atoms with E-state index in [0.717, 1.165) is 0 Å². The molecular weight excluding hydrogens is 444 g/mol. The Bertz CT molecular complexity index is 1230. The van der Waals surface area contributed by atoms with Gasteiger partial charge in [-0.2, -0.15) is 0 Å². The average molecular weight is 465 g/mol. The molecule has 3 aromatic carbocycles. The van der Waals surface area contributed by atoms with Crippen LogP contribution in [0.4, 0.5) is 0 Å². The molecule has 162 valence electrons. The maximum atomic E-state index is 14.2. The average Bonchev–Trinajstić information content (AvgIpc) is 2.81. The van der Waals surface area contributed by atoms with E-state index in [1.54, 1.807) is 109 Å². The predicted molar refractivity (Wildman–Crippen MR) is 126 cm³/mol. The lowest BCUT2D eigenvalue weighted by Crippen LogP contribution is -2.23. The number of hydrogen-bond acceptors (Lipinski definition) is 6. The summed E-state index contributed by atoms with van der Waals surface area (Å²) in [7, 11) is -8.44. The zero-order chi connectivity index (χ0) is 22.4. The first kappa shape index (κ1) is 22.0. The lowest BCUT2D eigenvalue weighted by molar-refractivity contribution is 0.347. The van der Waals surface area contributed by atoms with Crippen molar-refractivity contribution in [1.82, 2.24) is 0 Å². The standard InChI is InChI=1S/C24H21NO5P2/c25-23-18-10-11-19-24(23)32(27,29-21-14-6-2-7-15-21)30-31(26,22-16-8-3-9-17-22)28-20-12-4-1-5-13-20/h1-19,24-25H. The highest BCUT2D eigenvalue weighted by Crippen LogP contribution is 2.66. The van der Waals surface area contributed by atoms with Crippen LogP contribution in [0.1, 0.15) is 0 Å². The minimum Gasteiger partial charge on any atom is -0.423 e. The minimum absolute atomic E-state index is 0.0195. The molecule has 0 spiro atoms. The summed E-state index contributed by atoms with van der Waals surface area (Å²) in [6, 6.07) is 25.3. The van der Waals surface area contributed by atoms with Gasteiger partial charge in [-0.1, -0.05) is 72.8 Å². The summed E-state index contributed by atoms with van der Waals surface area (Å²) >= 11 is 0. The predicted octanol–water partition coefficient (Wildman–Crippen LogP) is 6.39. The highest BCUT2D eigenvalue weighted by atomic mass is 31.3. The van der Waals surface area contributed by atoms with Crippen molar-refractivity contribution in [2.45, 2.75) is 5.66 Å². The van der Waals surface area contributed by atoms with Crippen molar-refractivity contribution in [3.63, 3.8) is 0 Å². The molecule has 1 aliphatic carbocycles. The molecule has 3 aromatic rings. The van der Waals surface area contributed by atoms with E-state index in [0.29, 0.717) is 5.75 Å². The summed E-state index contributed by atoms with van der Waals surface area (Å²) in [4.78, 5) is 0. The van der Waals surface area contributed by atoms with E-state index in [-0.39, 0.29) is 16.8 Å². The van der Waals surface area contributed by atoms with Gasteiger partial charge in [0.05, 0.1) is 11.0 Å². The molecule has 0 bridgehead atoms. The Hall–Kier alpha value is -3.17. The van der Waals surface area contributed by atoms with Crippen LogP contribution in [0.2, 0.25) is 0 Å². The monoisotopic (exact) mass is 465 g/mol. The highest BCUT2D eigenvalue weighted by molar-refractivity contribution is 7.72. The maximum Gasteiger partial charge on any atom is 0.418 e. The van der Waals surface area contributed by atoms with E-state index in [1.165, 1.54) is 6.08 Å². The fourth-order valence-corrected chi connectivity index (χ4v) is 7.61. The Kier molecular flexibility index (Phi) is 6.57. The number of hydrogen-bond donors (Lipinski definition) is 1. The van der Waals surface area contributed by atoms with E-state index in [9.17, 15) is 9.13 Å². The number of rotatable bonds is 8.